The van der Waals surface area contributed by atoms with Gasteiger partial charge in [0.1, 0.15) is 11.6 Å². The molecule has 1 unspecified atom stereocenters. The Kier molecular flexibility index (Phi) is 5.23. The van der Waals surface area contributed by atoms with Crippen LogP contribution in [0.4, 0.5) is 4.39 Å². The van der Waals surface area contributed by atoms with E-state index in [0.717, 1.165) is 23.3 Å². The molecule has 0 aliphatic rings. The lowest BCUT2D eigenvalue weighted by molar-refractivity contribution is 0.0196. The number of nitrogens with zero attached hydrogens (tertiary/aromatic N) is 2. The fourth-order valence-electron chi connectivity index (χ4n) is 2.78. The molecule has 1 heterocycles. The Bertz CT molecular complexity index is 816. The van der Waals surface area contributed by atoms with Gasteiger partial charge in [0.05, 0.1) is 36.9 Å². The summed E-state index contributed by atoms with van der Waals surface area (Å²) in [4.78, 5) is 4.59. The van der Waals surface area contributed by atoms with Crippen LogP contribution in [0.5, 0.6) is 0 Å². The van der Waals surface area contributed by atoms with Gasteiger partial charge in [-0.05, 0) is 18.2 Å². The molecule has 24 heavy (non-hydrogen) atoms. The molecule has 3 rings (SSSR count). The van der Waals surface area contributed by atoms with Crippen LogP contribution >= 0.6 is 0 Å². The molecule has 0 aliphatic carbocycles. The molecule has 0 bridgehead atoms. The Morgan fingerprint density at radius 3 is 2.71 bits per heavy atom. The molecule has 1 aromatic heterocycles. The van der Waals surface area contributed by atoms with E-state index in [0.29, 0.717) is 12.1 Å². The molecule has 0 amide bonds. The van der Waals surface area contributed by atoms with Crippen molar-refractivity contribution in [3.63, 3.8) is 0 Å². The maximum Gasteiger partial charge on any atom is 0.128 e. The second kappa shape index (κ2) is 7.55. The molecular formula is C19H21FN2O2. The van der Waals surface area contributed by atoms with Gasteiger partial charge >= 0.3 is 0 Å². The summed E-state index contributed by atoms with van der Waals surface area (Å²) in [5.74, 6) is 0.644. The molecule has 0 fully saturated rings. The minimum Gasteiger partial charge on any atom is -0.389 e. The number of imidazole rings is 1. The zero-order valence-corrected chi connectivity index (χ0v) is 13.7. The fraction of sp³-hybridized carbons (Fsp3) is 0.316. The summed E-state index contributed by atoms with van der Waals surface area (Å²) in [6.07, 6.45) is 0.108. The topological polar surface area (TPSA) is 47.3 Å². The van der Waals surface area contributed by atoms with Crippen molar-refractivity contribution in [2.45, 2.75) is 32.6 Å². The van der Waals surface area contributed by atoms with Crippen molar-refractivity contribution in [3.05, 3.63) is 65.7 Å². The quantitative estimate of drug-likeness (QED) is 0.724. The van der Waals surface area contributed by atoms with Crippen molar-refractivity contribution in [2.75, 3.05) is 6.61 Å². The van der Waals surface area contributed by atoms with Gasteiger partial charge in [-0.3, -0.25) is 0 Å². The molecule has 0 radical (unpaired) electrons. The number of aromatic nitrogens is 2. The first-order chi connectivity index (χ1) is 11.7. The highest BCUT2D eigenvalue weighted by atomic mass is 19.1. The lowest BCUT2D eigenvalue weighted by Crippen LogP contribution is -2.23. The van der Waals surface area contributed by atoms with E-state index in [9.17, 15) is 9.50 Å². The number of hydrogen-bond donors (Lipinski definition) is 1. The van der Waals surface area contributed by atoms with Crippen LogP contribution in [0.25, 0.3) is 11.0 Å². The van der Waals surface area contributed by atoms with Crippen LogP contribution in [0, 0.1) is 5.82 Å². The molecule has 2 aromatic carbocycles. The Labute approximate surface area is 140 Å². The van der Waals surface area contributed by atoms with Crippen LogP contribution in [0.15, 0.2) is 48.5 Å². The van der Waals surface area contributed by atoms with Crippen LogP contribution in [-0.2, 0) is 24.3 Å². The average Bonchev–Trinajstić information content (AvgIpc) is 2.94. The first kappa shape index (κ1) is 16.6. The number of halogens is 1. The standard InChI is InChI=1S/C19H21FN2O2/c1-2-19-21-17-9-5-6-10-18(17)22(19)11-15(23)13-24-12-14-7-3-4-8-16(14)20/h3-10,15,23H,2,11-13H2,1H3. The monoisotopic (exact) mass is 328 g/mol. The van der Waals surface area contributed by atoms with E-state index in [4.69, 9.17) is 4.74 Å². The van der Waals surface area contributed by atoms with E-state index in [1.54, 1.807) is 18.2 Å². The average molecular weight is 328 g/mol. The summed E-state index contributed by atoms with van der Waals surface area (Å²) in [7, 11) is 0. The molecule has 0 saturated heterocycles. The molecule has 1 N–H and O–H groups in total. The minimum absolute atomic E-state index is 0.143. The van der Waals surface area contributed by atoms with Crippen molar-refractivity contribution in [3.8, 4) is 0 Å². The molecule has 3 aromatic rings. The number of fused-ring (bicyclic) bond motifs is 1. The van der Waals surface area contributed by atoms with Gasteiger partial charge in [0, 0.05) is 12.0 Å². The molecule has 4 nitrogen and oxygen atoms in total. The van der Waals surface area contributed by atoms with Crippen molar-refractivity contribution in [1.82, 2.24) is 9.55 Å². The Morgan fingerprint density at radius 1 is 1.17 bits per heavy atom. The van der Waals surface area contributed by atoms with E-state index in [-0.39, 0.29) is 19.0 Å². The van der Waals surface area contributed by atoms with E-state index >= 15 is 0 Å². The Hall–Kier alpha value is -2.24. The first-order valence-corrected chi connectivity index (χ1v) is 8.12. The number of aliphatic hydroxyl groups is 1. The second-order valence-electron chi connectivity index (χ2n) is 5.74. The predicted molar refractivity (Wildman–Crippen MR) is 91.2 cm³/mol. The van der Waals surface area contributed by atoms with Crippen LogP contribution < -0.4 is 0 Å². The number of rotatable bonds is 7. The van der Waals surface area contributed by atoms with Crippen LogP contribution in [0.2, 0.25) is 0 Å². The summed E-state index contributed by atoms with van der Waals surface area (Å²) >= 11 is 0. The summed E-state index contributed by atoms with van der Waals surface area (Å²) in [5.41, 5.74) is 2.42. The van der Waals surface area contributed by atoms with Crippen LogP contribution in [-0.4, -0.2) is 27.4 Å². The third-order valence-corrected chi connectivity index (χ3v) is 3.97. The van der Waals surface area contributed by atoms with Crippen molar-refractivity contribution < 1.29 is 14.2 Å². The third-order valence-electron chi connectivity index (χ3n) is 3.97. The minimum atomic E-state index is -0.681. The van der Waals surface area contributed by atoms with Gasteiger partial charge in [0.2, 0.25) is 0 Å². The number of aliphatic hydroxyl groups excluding tert-OH is 1. The van der Waals surface area contributed by atoms with E-state index in [1.807, 2.05) is 35.8 Å². The SMILES string of the molecule is CCc1nc2ccccc2n1CC(O)COCc1ccccc1F. The molecular weight excluding hydrogens is 307 g/mol. The lowest BCUT2D eigenvalue weighted by atomic mass is 10.2. The highest BCUT2D eigenvalue weighted by molar-refractivity contribution is 5.75. The van der Waals surface area contributed by atoms with E-state index in [1.165, 1.54) is 6.07 Å². The van der Waals surface area contributed by atoms with Gasteiger partial charge in [0.25, 0.3) is 0 Å². The summed E-state index contributed by atoms with van der Waals surface area (Å²) < 4.78 is 21.0. The van der Waals surface area contributed by atoms with Crippen LogP contribution in [0.1, 0.15) is 18.3 Å². The van der Waals surface area contributed by atoms with Crippen molar-refractivity contribution in [2.24, 2.45) is 0 Å². The second-order valence-corrected chi connectivity index (χ2v) is 5.74. The summed E-state index contributed by atoms with van der Waals surface area (Å²) in [5, 5.41) is 10.3. The van der Waals surface area contributed by atoms with Crippen molar-refractivity contribution in [1.29, 1.82) is 0 Å². The van der Waals surface area contributed by atoms with Crippen molar-refractivity contribution >= 4 is 11.0 Å². The Morgan fingerprint density at radius 2 is 1.92 bits per heavy atom. The van der Waals surface area contributed by atoms with Gasteiger partial charge in [0.15, 0.2) is 0 Å². The highest BCUT2D eigenvalue weighted by Crippen LogP contribution is 2.17. The maximum atomic E-state index is 13.5. The zero-order valence-electron chi connectivity index (χ0n) is 13.7. The molecule has 0 spiro atoms. The first-order valence-electron chi connectivity index (χ1n) is 8.12. The van der Waals surface area contributed by atoms with Gasteiger partial charge in [-0.2, -0.15) is 0 Å². The molecule has 126 valence electrons. The number of hydrogen-bond acceptors (Lipinski definition) is 3. The summed E-state index contributed by atoms with van der Waals surface area (Å²) in [6.45, 7) is 2.73. The summed E-state index contributed by atoms with van der Waals surface area (Å²) in [6, 6.07) is 14.4. The molecule has 0 aliphatic heterocycles. The zero-order chi connectivity index (χ0) is 16.9. The fourth-order valence-corrected chi connectivity index (χ4v) is 2.78. The maximum absolute atomic E-state index is 13.5. The largest absolute Gasteiger partial charge is 0.389 e. The smallest absolute Gasteiger partial charge is 0.128 e. The normalized spacial score (nSPS) is 12.6. The van der Waals surface area contributed by atoms with Gasteiger partial charge in [-0.1, -0.05) is 37.3 Å². The third kappa shape index (κ3) is 3.63. The highest BCUT2D eigenvalue weighted by Gasteiger charge is 2.13. The van der Waals surface area contributed by atoms with Gasteiger partial charge < -0.3 is 14.4 Å². The number of ether oxygens (including phenoxy) is 1. The van der Waals surface area contributed by atoms with E-state index < -0.39 is 6.10 Å². The van der Waals surface area contributed by atoms with Gasteiger partial charge in [-0.15, -0.1) is 0 Å². The van der Waals surface area contributed by atoms with Crippen LogP contribution in [0.3, 0.4) is 0 Å². The number of para-hydroxylation sites is 2. The number of benzene rings is 2. The van der Waals surface area contributed by atoms with E-state index in [2.05, 4.69) is 4.98 Å². The van der Waals surface area contributed by atoms with Gasteiger partial charge in [-0.25, -0.2) is 9.37 Å². The number of aryl methyl sites for hydroxylation is 1. The lowest BCUT2D eigenvalue weighted by Gasteiger charge is -2.15. The molecule has 1 atom stereocenters. The molecule has 5 heteroatoms. The Balaban J connectivity index is 1.63. The molecule has 0 saturated carbocycles. The predicted octanol–water partition coefficient (Wildman–Crippen LogP) is 3.32.